The van der Waals surface area contributed by atoms with E-state index in [4.69, 9.17) is 0 Å². The van der Waals surface area contributed by atoms with Gasteiger partial charge in [-0.05, 0) is 43.5 Å². The Morgan fingerprint density at radius 2 is 1.75 bits per heavy atom. The van der Waals surface area contributed by atoms with Crippen molar-refractivity contribution in [3.05, 3.63) is 35.6 Å². The molecule has 2 heteroatoms. The predicted octanol–water partition coefficient (Wildman–Crippen LogP) is 3.67. The van der Waals surface area contributed by atoms with Gasteiger partial charge in [0.15, 0.2) is 0 Å². The van der Waals surface area contributed by atoms with Gasteiger partial charge in [0.05, 0.1) is 0 Å². The summed E-state index contributed by atoms with van der Waals surface area (Å²) in [6.45, 7) is 0. The third-order valence-electron chi connectivity index (χ3n) is 3.66. The van der Waals surface area contributed by atoms with Crippen molar-refractivity contribution in [2.45, 2.75) is 38.1 Å². The third-order valence-corrected chi connectivity index (χ3v) is 3.66. The Labute approximate surface area is 97.1 Å². The summed E-state index contributed by atoms with van der Waals surface area (Å²) in [5.74, 6) is 0.562. The highest BCUT2D eigenvalue weighted by atomic mass is 19.1. The highest BCUT2D eigenvalue weighted by molar-refractivity contribution is 5.20. The lowest BCUT2D eigenvalue weighted by molar-refractivity contribution is 0.281. The first-order valence-electron chi connectivity index (χ1n) is 6.24. The first kappa shape index (κ1) is 11.6. The quantitative estimate of drug-likeness (QED) is 0.821. The minimum atomic E-state index is -0.151. The molecule has 1 aliphatic carbocycles. The molecule has 1 fully saturated rings. The lowest BCUT2D eigenvalue weighted by atomic mass is 9.81. The van der Waals surface area contributed by atoms with Crippen LogP contribution in [-0.2, 0) is 0 Å². The van der Waals surface area contributed by atoms with Crippen molar-refractivity contribution in [3.8, 4) is 0 Å². The maximum atomic E-state index is 12.9. The fourth-order valence-electron chi connectivity index (χ4n) is 2.81. The molecule has 0 amide bonds. The molecule has 1 unspecified atom stereocenters. The van der Waals surface area contributed by atoms with Crippen LogP contribution in [0.25, 0.3) is 0 Å². The van der Waals surface area contributed by atoms with Crippen LogP contribution in [0.4, 0.5) is 4.39 Å². The van der Waals surface area contributed by atoms with Gasteiger partial charge < -0.3 is 5.32 Å². The van der Waals surface area contributed by atoms with E-state index in [-0.39, 0.29) is 5.82 Å². The monoisotopic (exact) mass is 221 g/mol. The molecule has 88 valence electrons. The van der Waals surface area contributed by atoms with Gasteiger partial charge in [0.1, 0.15) is 5.82 Å². The van der Waals surface area contributed by atoms with Gasteiger partial charge in [-0.3, -0.25) is 0 Å². The zero-order valence-electron chi connectivity index (χ0n) is 9.88. The molecule has 16 heavy (non-hydrogen) atoms. The van der Waals surface area contributed by atoms with Crippen molar-refractivity contribution < 1.29 is 4.39 Å². The zero-order valence-corrected chi connectivity index (χ0v) is 9.88. The van der Waals surface area contributed by atoms with Crippen LogP contribution in [0.2, 0.25) is 0 Å². The van der Waals surface area contributed by atoms with Crippen LogP contribution in [0, 0.1) is 11.7 Å². The van der Waals surface area contributed by atoms with Gasteiger partial charge in [0.2, 0.25) is 0 Å². The van der Waals surface area contributed by atoms with E-state index < -0.39 is 0 Å². The smallest absolute Gasteiger partial charge is 0.123 e. The first-order valence-corrected chi connectivity index (χ1v) is 6.24. The SMILES string of the molecule is CNC(c1ccc(F)cc1)C1CCCCC1. The largest absolute Gasteiger partial charge is 0.313 e. The van der Waals surface area contributed by atoms with Gasteiger partial charge in [-0.1, -0.05) is 31.4 Å². The Morgan fingerprint density at radius 1 is 1.12 bits per heavy atom. The second-order valence-corrected chi connectivity index (χ2v) is 4.72. The molecule has 1 aromatic rings. The second kappa shape index (κ2) is 5.44. The topological polar surface area (TPSA) is 12.0 Å². The molecule has 1 nitrogen and oxygen atoms in total. The number of hydrogen-bond acceptors (Lipinski definition) is 1. The Hall–Kier alpha value is -0.890. The second-order valence-electron chi connectivity index (χ2n) is 4.72. The maximum Gasteiger partial charge on any atom is 0.123 e. The van der Waals surface area contributed by atoms with Crippen molar-refractivity contribution >= 4 is 0 Å². The van der Waals surface area contributed by atoms with Gasteiger partial charge in [-0.15, -0.1) is 0 Å². The van der Waals surface area contributed by atoms with E-state index in [0.29, 0.717) is 12.0 Å². The molecule has 0 bridgehead atoms. The number of rotatable bonds is 3. The molecule has 2 rings (SSSR count). The number of halogens is 1. The van der Waals surface area contributed by atoms with E-state index in [1.807, 2.05) is 19.2 Å². The molecular formula is C14H20FN. The summed E-state index contributed by atoms with van der Waals surface area (Å²) in [5, 5.41) is 3.39. The number of benzene rings is 1. The van der Waals surface area contributed by atoms with Crippen LogP contribution >= 0.6 is 0 Å². The molecule has 0 saturated heterocycles. The molecule has 1 aromatic carbocycles. The molecule has 1 saturated carbocycles. The van der Waals surface area contributed by atoms with Crippen LogP contribution in [0.15, 0.2) is 24.3 Å². The zero-order chi connectivity index (χ0) is 11.4. The summed E-state index contributed by atoms with van der Waals surface area (Å²) >= 11 is 0. The van der Waals surface area contributed by atoms with Crippen LogP contribution in [0.1, 0.15) is 43.7 Å². The van der Waals surface area contributed by atoms with E-state index in [2.05, 4.69) is 5.32 Å². The van der Waals surface area contributed by atoms with Crippen molar-refractivity contribution in [1.82, 2.24) is 5.32 Å². The van der Waals surface area contributed by atoms with E-state index in [1.54, 1.807) is 12.1 Å². The van der Waals surface area contributed by atoms with E-state index >= 15 is 0 Å². The Balaban J connectivity index is 2.11. The molecule has 0 heterocycles. The van der Waals surface area contributed by atoms with Crippen LogP contribution < -0.4 is 5.32 Å². The first-order chi connectivity index (χ1) is 7.81. The standard InChI is InChI=1S/C14H20FN/c1-16-14(11-5-3-2-4-6-11)12-7-9-13(15)10-8-12/h7-11,14,16H,2-6H2,1H3. The number of nitrogens with one attached hydrogen (secondary N) is 1. The van der Waals surface area contributed by atoms with Crippen LogP contribution in [0.3, 0.4) is 0 Å². The Morgan fingerprint density at radius 3 is 2.31 bits per heavy atom. The minimum Gasteiger partial charge on any atom is -0.313 e. The van der Waals surface area contributed by atoms with E-state index in [9.17, 15) is 4.39 Å². The fourth-order valence-corrected chi connectivity index (χ4v) is 2.81. The molecule has 0 radical (unpaired) electrons. The van der Waals surface area contributed by atoms with Crippen molar-refractivity contribution in [2.75, 3.05) is 7.05 Å². The van der Waals surface area contributed by atoms with Gasteiger partial charge in [-0.2, -0.15) is 0 Å². The average Bonchev–Trinajstić information content (AvgIpc) is 2.34. The predicted molar refractivity (Wildman–Crippen MR) is 64.8 cm³/mol. The van der Waals surface area contributed by atoms with Gasteiger partial charge in [-0.25, -0.2) is 4.39 Å². The third kappa shape index (κ3) is 2.62. The van der Waals surface area contributed by atoms with E-state index in [1.165, 1.54) is 37.7 Å². The number of hydrogen-bond donors (Lipinski definition) is 1. The average molecular weight is 221 g/mol. The summed E-state index contributed by atoms with van der Waals surface area (Å²) in [7, 11) is 2.00. The lowest BCUT2D eigenvalue weighted by Crippen LogP contribution is -2.26. The van der Waals surface area contributed by atoms with Gasteiger partial charge >= 0.3 is 0 Å². The molecular weight excluding hydrogens is 201 g/mol. The molecule has 1 N–H and O–H groups in total. The van der Waals surface area contributed by atoms with Crippen LogP contribution in [-0.4, -0.2) is 7.05 Å². The summed E-state index contributed by atoms with van der Waals surface area (Å²) in [6, 6.07) is 7.32. The fraction of sp³-hybridized carbons (Fsp3) is 0.571. The van der Waals surface area contributed by atoms with Crippen molar-refractivity contribution in [2.24, 2.45) is 5.92 Å². The summed E-state index contributed by atoms with van der Waals surface area (Å²) in [5.41, 5.74) is 1.22. The summed E-state index contributed by atoms with van der Waals surface area (Å²) in [4.78, 5) is 0. The molecule has 1 atom stereocenters. The van der Waals surface area contributed by atoms with Crippen molar-refractivity contribution in [1.29, 1.82) is 0 Å². The van der Waals surface area contributed by atoms with Crippen LogP contribution in [0.5, 0.6) is 0 Å². The molecule has 0 spiro atoms. The summed E-state index contributed by atoms with van der Waals surface area (Å²) < 4.78 is 12.9. The molecule has 0 aliphatic heterocycles. The highest BCUT2D eigenvalue weighted by Crippen LogP contribution is 2.34. The van der Waals surface area contributed by atoms with E-state index in [0.717, 1.165) is 0 Å². The Kier molecular flexibility index (Phi) is 3.94. The Bertz CT molecular complexity index is 314. The molecule has 1 aliphatic rings. The van der Waals surface area contributed by atoms with Crippen molar-refractivity contribution in [3.63, 3.8) is 0 Å². The molecule has 0 aromatic heterocycles. The van der Waals surface area contributed by atoms with Gasteiger partial charge in [0.25, 0.3) is 0 Å². The van der Waals surface area contributed by atoms with Gasteiger partial charge in [0, 0.05) is 6.04 Å². The lowest BCUT2D eigenvalue weighted by Gasteiger charge is -2.30. The maximum absolute atomic E-state index is 12.9. The highest BCUT2D eigenvalue weighted by Gasteiger charge is 2.23. The normalized spacial score (nSPS) is 19.6. The minimum absolute atomic E-state index is 0.151. The summed E-state index contributed by atoms with van der Waals surface area (Å²) in [6.07, 6.45) is 6.64.